The monoisotopic (exact) mass is 695 g/mol. The summed E-state index contributed by atoms with van der Waals surface area (Å²) in [5.41, 5.74) is 16.6. The van der Waals surface area contributed by atoms with Crippen LogP contribution in [-0.4, -0.2) is 6.71 Å². The fourth-order valence-corrected chi connectivity index (χ4v) is 8.65. The van der Waals surface area contributed by atoms with Crippen LogP contribution in [-0.2, 0) is 0 Å². The first-order chi connectivity index (χ1) is 26.6. The van der Waals surface area contributed by atoms with Gasteiger partial charge in [-0.05, 0) is 115 Å². The second-order valence-corrected chi connectivity index (χ2v) is 14.3. The predicted octanol–water partition coefficient (Wildman–Crippen LogP) is 11.3. The highest BCUT2D eigenvalue weighted by Gasteiger charge is 2.50. The molecule has 11 rings (SSSR count). The average Bonchev–Trinajstić information content (AvgIpc) is 3.78. The normalized spacial score (nSPS) is 12.9. The third kappa shape index (κ3) is 4.53. The van der Waals surface area contributed by atoms with Gasteiger partial charge in [0.05, 0.1) is 17.1 Å². The van der Waals surface area contributed by atoms with E-state index in [0.717, 1.165) is 89.9 Å². The lowest BCUT2D eigenvalue weighted by Crippen LogP contribution is -2.60. The summed E-state index contributed by atoms with van der Waals surface area (Å²) in [6.45, 7) is 4.02. The minimum Gasteiger partial charge on any atom is -0.468 e. The molecule has 2 aromatic heterocycles. The van der Waals surface area contributed by atoms with Crippen LogP contribution in [0.2, 0.25) is 0 Å². The van der Waals surface area contributed by atoms with Gasteiger partial charge in [0.15, 0.2) is 0 Å². The zero-order chi connectivity index (χ0) is 35.9. The molecule has 4 heterocycles. The molecule has 7 aromatic carbocycles. The average molecular weight is 696 g/mol. The van der Waals surface area contributed by atoms with Gasteiger partial charge in [-0.1, -0.05) is 84.9 Å². The Kier molecular flexibility index (Phi) is 6.71. The van der Waals surface area contributed by atoms with Crippen molar-refractivity contribution < 1.29 is 8.83 Å². The van der Waals surface area contributed by atoms with Crippen molar-refractivity contribution in [3.8, 4) is 0 Å². The van der Waals surface area contributed by atoms with Crippen molar-refractivity contribution in [3.63, 3.8) is 0 Å². The standard InChI is InChI=1S/C48H34BN3O2/c1-31-15-13-21-35(27-31)51-40-29-37(50(33-17-5-3-6-18-33)34-19-7-4-8-20-34)30-41-44(40)49(47-45(51)38-23-9-11-25-42(38)53-47)48-46(39-24-10-12-26-43(39)54-48)52(41)36-22-14-16-32(2)28-36/h3-30H,1-2H3. The Bertz CT molecular complexity index is 2700. The lowest BCUT2D eigenvalue weighted by molar-refractivity contribution is 0.637. The Hall–Kier alpha value is -6.92. The van der Waals surface area contributed by atoms with E-state index >= 15 is 0 Å². The molecule has 0 atom stereocenters. The highest BCUT2D eigenvalue weighted by molar-refractivity contribution is 6.99. The van der Waals surface area contributed by atoms with Gasteiger partial charge < -0.3 is 23.5 Å². The van der Waals surface area contributed by atoms with E-state index in [1.807, 2.05) is 0 Å². The third-order valence-corrected chi connectivity index (χ3v) is 10.9. The Labute approximate surface area is 314 Å². The van der Waals surface area contributed by atoms with Gasteiger partial charge in [-0.3, -0.25) is 0 Å². The highest BCUT2D eigenvalue weighted by Crippen LogP contribution is 2.51. The number of anilines is 9. The number of para-hydroxylation sites is 4. The maximum atomic E-state index is 7.02. The Morgan fingerprint density at radius 3 is 1.35 bits per heavy atom. The van der Waals surface area contributed by atoms with Gasteiger partial charge in [0.1, 0.15) is 22.5 Å². The molecule has 0 unspecified atom stereocenters. The molecule has 0 saturated carbocycles. The molecule has 54 heavy (non-hydrogen) atoms. The zero-order valence-electron chi connectivity index (χ0n) is 29.9. The molecule has 0 fully saturated rings. The molecule has 0 amide bonds. The molecule has 0 saturated heterocycles. The molecule has 2 aliphatic rings. The molecular formula is C48H34BN3O2. The zero-order valence-corrected chi connectivity index (χ0v) is 29.9. The molecule has 0 aliphatic carbocycles. The van der Waals surface area contributed by atoms with Crippen LogP contribution < -0.4 is 31.5 Å². The lowest BCUT2D eigenvalue weighted by Gasteiger charge is -2.42. The lowest BCUT2D eigenvalue weighted by atomic mass is 9.37. The molecule has 0 spiro atoms. The van der Waals surface area contributed by atoms with Crippen molar-refractivity contribution in [2.75, 3.05) is 14.7 Å². The Morgan fingerprint density at radius 1 is 0.444 bits per heavy atom. The van der Waals surface area contributed by atoms with E-state index in [4.69, 9.17) is 8.83 Å². The summed E-state index contributed by atoms with van der Waals surface area (Å²) in [6, 6.07) is 60.4. The first-order valence-corrected chi connectivity index (χ1v) is 18.5. The number of benzene rings is 7. The summed E-state index contributed by atoms with van der Waals surface area (Å²) in [5, 5.41) is 2.13. The smallest absolute Gasteiger partial charge is 0.342 e. The van der Waals surface area contributed by atoms with Gasteiger partial charge in [-0.2, -0.15) is 0 Å². The van der Waals surface area contributed by atoms with Crippen LogP contribution >= 0.6 is 0 Å². The molecule has 0 radical (unpaired) electrons. The van der Waals surface area contributed by atoms with Crippen LogP contribution in [0.1, 0.15) is 11.1 Å². The van der Waals surface area contributed by atoms with Crippen molar-refractivity contribution >= 4 is 96.6 Å². The third-order valence-electron chi connectivity index (χ3n) is 10.9. The summed E-state index contributed by atoms with van der Waals surface area (Å²) >= 11 is 0. The highest BCUT2D eigenvalue weighted by atomic mass is 16.3. The van der Waals surface area contributed by atoms with Gasteiger partial charge in [-0.25, -0.2) is 0 Å². The fourth-order valence-electron chi connectivity index (χ4n) is 8.65. The summed E-state index contributed by atoms with van der Waals surface area (Å²) in [4.78, 5) is 7.20. The second kappa shape index (κ2) is 11.8. The van der Waals surface area contributed by atoms with E-state index < -0.39 is 0 Å². The van der Waals surface area contributed by atoms with Crippen molar-refractivity contribution in [2.24, 2.45) is 0 Å². The van der Waals surface area contributed by atoms with Gasteiger partial charge in [-0.15, -0.1) is 0 Å². The predicted molar refractivity (Wildman–Crippen MR) is 224 cm³/mol. The van der Waals surface area contributed by atoms with Crippen molar-refractivity contribution in [1.29, 1.82) is 0 Å². The minimum atomic E-state index is -0.294. The first-order valence-electron chi connectivity index (χ1n) is 18.5. The number of rotatable bonds is 5. The summed E-state index contributed by atoms with van der Waals surface area (Å²) in [6.07, 6.45) is 0. The van der Waals surface area contributed by atoms with Crippen LogP contribution in [0.25, 0.3) is 21.9 Å². The first kappa shape index (κ1) is 30.7. The number of hydrogen-bond acceptors (Lipinski definition) is 5. The molecule has 0 N–H and O–H groups in total. The van der Waals surface area contributed by atoms with Crippen LogP contribution in [0.15, 0.2) is 179 Å². The quantitative estimate of drug-likeness (QED) is 0.168. The number of nitrogens with zero attached hydrogens (tertiary/aromatic N) is 3. The molecule has 9 aromatic rings. The van der Waals surface area contributed by atoms with Crippen LogP contribution in [0.4, 0.5) is 51.2 Å². The Balaban J connectivity index is 1.32. The van der Waals surface area contributed by atoms with Crippen molar-refractivity contribution in [3.05, 3.63) is 181 Å². The summed E-state index contributed by atoms with van der Waals surface area (Å²) < 4.78 is 14.0. The largest absolute Gasteiger partial charge is 0.468 e. The summed E-state index contributed by atoms with van der Waals surface area (Å²) in [7, 11) is 0. The Morgan fingerprint density at radius 2 is 0.889 bits per heavy atom. The van der Waals surface area contributed by atoms with Gasteiger partial charge in [0.25, 0.3) is 0 Å². The van der Waals surface area contributed by atoms with E-state index in [2.05, 4.69) is 198 Å². The minimum absolute atomic E-state index is 0.294. The van der Waals surface area contributed by atoms with Crippen molar-refractivity contribution in [1.82, 2.24) is 0 Å². The molecule has 5 nitrogen and oxygen atoms in total. The van der Waals surface area contributed by atoms with Crippen LogP contribution in [0, 0.1) is 13.8 Å². The van der Waals surface area contributed by atoms with Crippen LogP contribution in [0.5, 0.6) is 0 Å². The fraction of sp³-hybridized carbons (Fsp3) is 0.0417. The van der Waals surface area contributed by atoms with Crippen LogP contribution in [0.3, 0.4) is 0 Å². The SMILES string of the molecule is Cc1cccc(N2c3cc(N(c4ccccc4)c4ccccc4)cc4c3B(c3oc5ccccc5c32)c2oc3ccccc3c2N4c2cccc(C)c2)c1. The van der Waals surface area contributed by atoms with E-state index in [1.165, 1.54) is 11.1 Å². The van der Waals surface area contributed by atoms with Gasteiger partial charge >= 0.3 is 6.71 Å². The number of furan rings is 2. The topological polar surface area (TPSA) is 36.0 Å². The van der Waals surface area contributed by atoms with E-state index in [1.54, 1.807) is 0 Å². The summed E-state index contributed by atoms with van der Waals surface area (Å²) in [5.74, 6) is 0. The van der Waals surface area contributed by atoms with E-state index in [9.17, 15) is 0 Å². The number of fused-ring (bicyclic) bond motifs is 8. The van der Waals surface area contributed by atoms with Crippen molar-refractivity contribution in [2.45, 2.75) is 13.8 Å². The molecule has 0 bridgehead atoms. The maximum absolute atomic E-state index is 7.02. The number of aryl methyl sites for hydroxylation is 2. The molecule has 6 heteroatoms. The molecule has 256 valence electrons. The molecular weight excluding hydrogens is 661 g/mol. The van der Waals surface area contributed by atoms with Gasteiger partial charge in [0.2, 0.25) is 0 Å². The van der Waals surface area contributed by atoms with E-state index in [0.29, 0.717) is 0 Å². The molecule has 2 aliphatic heterocycles. The second-order valence-electron chi connectivity index (χ2n) is 14.3. The maximum Gasteiger partial charge on any atom is 0.342 e. The number of hydrogen-bond donors (Lipinski definition) is 0. The van der Waals surface area contributed by atoms with Gasteiger partial charge in [0, 0.05) is 44.9 Å². The van der Waals surface area contributed by atoms with E-state index in [-0.39, 0.29) is 6.71 Å².